The largest absolute Gasteiger partial charge is 0.505 e. The predicted molar refractivity (Wildman–Crippen MR) is 55.6 cm³/mol. The van der Waals surface area contributed by atoms with E-state index in [2.05, 4.69) is 15.9 Å². The molecule has 1 fully saturated rings. The summed E-state index contributed by atoms with van der Waals surface area (Å²) in [6, 6.07) is 2.83. The molecule has 0 heterocycles. The Balaban J connectivity index is 2.35. The monoisotopic (exact) mass is 259 g/mol. The molecule has 1 aromatic rings. The molecule has 76 valence electrons. The van der Waals surface area contributed by atoms with E-state index in [0.717, 1.165) is 12.8 Å². The van der Waals surface area contributed by atoms with Gasteiger partial charge in [0.05, 0.1) is 0 Å². The normalized spacial score (nSPS) is 18.2. The fourth-order valence-corrected chi connectivity index (χ4v) is 1.90. The number of hydrogen-bond donors (Lipinski definition) is 2. The van der Waals surface area contributed by atoms with Crippen molar-refractivity contribution < 1.29 is 9.50 Å². The van der Waals surface area contributed by atoms with E-state index in [-0.39, 0.29) is 11.3 Å². The second-order valence-corrected chi connectivity index (χ2v) is 4.75. The van der Waals surface area contributed by atoms with Crippen LogP contribution in [0.3, 0.4) is 0 Å². The Bertz CT molecular complexity index is 377. The number of nitrogens with two attached hydrogens (primary N) is 1. The minimum Gasteiger partial charge on any atom is -0.505 e. The molecule has 3 N–H and O–H groups in total. The Hall–Kier alpha value is -0.610. The van der Waals surface area contributed by atoms with Gasteiger partial charge in [0.2, 0.25) is 0 Å². The van der Waals surface area contributed by atoms with E-state index in [1.54, 1.807) is 6.07 Å². The van der Waals surface area contributed by atoms with Crippen molar-refractivity contribution in [1.82, 2.24) is 0 Å². The van der Waals surface area contributed by atoms with Crippen LogP contribution in [0, 0.1) is 5.82 Å². The third kappa shape index (κ3) is 1.77. The fraction of sp³-hybridized carbons (Fsp3) is 0.400. The Morgan fingerprint density at radius 3 is 2.71 bits per heavy atom. The predicted octanol–water partition coefficient (Wildman–Crippen LogP) is 2.33. The first kappa shape index (κ1) is 9.93. The fourth-order valence-electron chi connectivity index (χ4n) is 1.44. The average Bonchev–Trinajstić information content (AvgIpc) is 2.86. The van der Waals surface area contributed by atoms with Crippen LogP contribution >= 0.6 is 15.9 Å². The highest BCUT2D eigenvalue weighted by Crippen LogP contribution is 2.40. The quantitative estimate of drug-likeness (QED) is 0.857. The van der Waals surface area contributed by atoms with Crippen molar-refractivity contribution in [2.45, 2.75) is 24.8 Å². The van der Waals surface area contributed by atoms with Crippen LogP contribution in [0.25, 0.3) is 0 Å². The number of hydrogen-bond acceptors (Lipinski definition) is 2. The second kappa shape index (κ2) is 3.21. The summed E-state index contributed by atoms with van der Waals surface area (Å²) in [7, 11) is 0. The van der Waals surface area contributed by atoms with Gasteiger partial charge in [0.25, 0.3) is 0 Å². The van der Waals surface area contributed by atoms with E-state index in [1.807, 2.05) is 0 Å². The van der Waals surface area contributed by atoms with Crippen LogP contribution in [-0.4, -0.2) is 10.6 Å². The van der Waals surface area contributed by atoms with Crippen LogP contribution in [0.2, 0.25) is 0 Å². The van der Waals surface area contributed by atoms with Gasteiger partial charge < -0.3 is 10.8 Å². The lowest BCUT2D eigenvalue weighted by Crippen LogP contribution is -2.24. The molecule has 0 spiro atoms. The zero-order valence-electron chi connectivity index (χ0n) is 7.56. The Morgan fingerprint density at radius 2 is 2.14 bits per heavy atom. The molecule has 0 amide bonds. The lowest BCUT2D eigenvalue weighted by Gasteiger charge is -2.12. The first-order chi connectivity index (χ1) is 6.52. The van der Waals surface area contributed by atoms with Gasteiger partial charge in [-0.25, -0.2) is 4.39 Å². The first-order valence-corrected chi connectivity index (χ1v) is 5.26. The SMILES string of the molecule is NC1(Cc2c(Br)ccc(F)c2O)CC1. The molecule has 14 heavy (non-hydrogen) atoms. The second-order valence-electron chi connectivity index (χ2n) is 3.90. The molecule has 0 radical (unpaired) electrons. The summed E-state index contributed by atoms with van der Waals surface area (Å²) in [4.78, 5) is 0. The van der Waals surface area contributed by atoms with Gasteiger partial charge in [-0.15, -0.1) is 0 Å². The van der Waals surface area contributed by atoms with Crippen LogP contribution in [0.1, 0.15) is 18.4 Å². The van der Waals surface area contributed by atoms with Crippen molar-refractivity contribution in [2.24, 2.45) is 5.73 Å². The van der Waals surface area contributed by atoms with Gasteiger partial charge in [0, 0.05) is 15.6 Å². The standard InChI is InChI=1S/C10H11BrFNO/c11-7-1-2-8(12)9(14)6(7)5-10(13)3-4-10/h1-2,14H,3-5,13H2. The molecular weight excluding hydrogens is 249 g/mol. The van der Waals surface area contributed by atoms with Crippen LogP contribution < -0.4 is 5.73 Å². The molecule has 1 aliphatic carbocycles. The third-order valence-corrected chi connectivity index (χ3v) is 3.34. The maximum Gasteiger partial charge on any atom is 0.165 e. The minimum atomic E-state index is -0.590. The van der Waals surface area contributed by atoms with Crippen molar-refractivity contribution in [3.8, 4) is 5.75 Å². The zero-order valence-corrected chi connectivity index (χ0v) is 9.14. The van der Waals surface area contributed by atoms with Crippen LogP contribution in [0.5, 0.6) is 5.75 Å². The molecule has 0 aliphatic heterocycles. The van der Waals surface area contributed by atoms with Crippen molar-refractivity contribution in [1.29, 1.82) is 0 Å². The highest BCUT2D eigenvalue weighted by Gasteiger charge is 2.39. The minimum absolute atomic E-state index is 0.228. The molecule has 1 aliphatic rings. The molecule has 0 aromatic heterocycles. The molecule has 1 saturated carbocycles. The average molecular weight is 260 g/mol. The summed E-state index contributed by atoms with van der Waals surface area (Å²) < 4.78 is 13.8. The van der Waals surface area contributed by atoms with Crippen molar-refractivity contribution >= 4 is 15.9 Å². The molecule has 2 rings (SSSR count). The van der Waals surface area contributed by atoms with E-state index >= 15 is 0 Å². The molecule has 0 atom stereocenters. The van der Waals surface area contributed by atoms with E-state index < -0.39 is 5.82 Å². The highest BCUT2D eigenvalue weighted by atomic mass is 79.9. The molecule has 0 unspecified atom stereocenters. The molecule has 4 heteroatoms. The molecular formula is C10H11BrFNO. The van der Waals surface area contributed by atoms with Gasteiger partial charge in [-0.2, -0.15) is 0 Å². The summed E-state index contributed by atoms with van der Waals surface area (Å²) in [5.41, 5.74) is 6.26. The third-order valence-electron chi connectivity index (χ3n) is 2.60. The molecule has 0 saturated heterocycles. The summed E-state index contributed by atoms with van der Waals surface area (Å²) in [6.45, 7) is 0. The van der Waals surface area contributed by atoms with Gasteiger partial charge in [0.1, 0.15) is 0 Å². The zero-order chi connectivity index (χ0) is 10.3. The highest BCUT2D eigenvalue weighted by molar-refractivity contribution is 9.10. The summed E-state index contributed by atoms with van der Waals surface area (Å²) in [6.07, 6.45) is 2.40. The number of aromatic hydroxyl groups is 1. The van der Waals surface area contributed by atoms with Gasteiger partial charge in [-0.3, -0.25) is 0 Å². The maximum atomic E-state index is 13.0. The van der Waals surface area contributed by atoms with E-state index in [0.29, 0.717) is 16.5 Å². The number of halogens is 2. The molecule has 1 aromatic carbocycles. The van der Waals surface area contributed by atoms with Crippen molar-refractivity contribution in [2.75, 3.05) is 0 Å². The Morgan fingerprint density at radius 1 is 1.50 bits per heavy atom. The van der Waals surface area contributed by atoms with E-state index in [4.69, 9.17) is 5.73 Å². The number of phenols is 1. The van der Waals surface area contributed by atoms with Crippen LogP contribution in [0.4, 0.5) is 4.39 Å². The Labute approximate surface area is 90.1 Å². The number of phenolic OH excluding ortho intramolecular Hbond substituents is 1. The summed E-state index contributed by atoms with van der Waals surface area (Å²) >= 11 is 3.28. The van der Waals surface area contributed by atoms with Crippen molar-refractivity contribution in [3.05, 3.63) is 28.0 Å². The number of benzene rings is 1. The van der Waals surface area contributed by atoms with Gasteiger partial charge in [0.15, 0.2) is 11.6 Å². The Kier molecular flexibility index (Phi) is 2.27. The van der Waals surface area contributed by atoms with Gasteiger partial charge in [-0.1, -0.05) is 15.9 Å². The maximum absolute atomic E-state index is 13.0. The van der Waals surface area contributed by atoms with Gasteiger partial charge >= 0.3 is 0 Å². The lowest BCUT2D eigenvalue weighted by atomic mass is 10.0. The van der Waals surface area contributed by atoms with E-state index in [9.17, 15) is 9.50 Å². The number of rotatable bonds is 2. The van der Waals surface area contributed by atoms with Crippen LogP contribution in [-0.2, 0) is 6.42 Å². The molecule has 2 nitrogen and oxygen atoms in total. The lowest BCUT2D eigenvalue weighted by molar-refractivity contribution is 0.422. The molecule has 0 bridgehead atoms. The summed E-state index contributed by atoms with van der Waals surface area (Å²) in [5.74, 6) is -0.872. The van der Waals surface area contributed by atoms with E-state index in [1.165, 1.54) is 6.07 Å². The first-order valence-electron chi connectivity index (χ1n) is 4.47. The summed E-state index contributed by atoms with van der Waals surface area (Å²) in [5, 5.41) is 9.51. The van der Waals surface area contributed by atoms with Crippen molar-refractivity contribution in [3.63, 3.8) is 0 Å². The van der Waals surface area contributed by atoms with Gasteiger partial charge in [-0.05, 0) is 31.4 Å². The van der Waals surface area contributed by atoms with Crippen LogP contribution in [0.15, 0.2) is 16.6 Å². The smallest absolute Gasteiger partial charge is 0.165 e. The topological polar surface area (TPSA) is 46.2 Å².